The van der Waals surface area contributed by atoms with Crippen molar-refractivity contribution in [3.8, 4) is 0 Å². The molecule has 0 spiro atoms. The van der Waals surface area contributed by atoms with Crippen LogP contribution in [0.5, 0.6) is 0 Å². The second-order valence-electron chi connectivity index (χ2n) is 10.2. The molecule has 0 amide bonds. The number of hydrogen-bond donors (Lipinski definition) is 1. The zero-order chi connectivity index (χ0) is 18.0. The summed E-state index contributed by atoms with van der Waals surface area (Å²) in [5.74, 6) is 3.69. The van der Waals surface area contributed by atoms with Crippen molar-refractivity contribution in [3.05, 3.63) is 10.2 Å². The lowest BCUT2D eigenvalue weighted by molar-refractivity contribution is -0.162. The largest absolute Gasteiger partial charge is 0.390 e. The van der Waals surface area contributed by atoms with Gasteiger partial charge in [0.15, 0.2) is 0 Å². The summed E-state index contributed by atoms with van der Waals surface area (Å²) in [6.45, 7) is 6.95. The Labute approximate surface area is 166 Å². The molecule has 2 nitrogen and oxygen atoms in total. The highest BCUT2D eigenvalue weighted by Gasteiger charge is 2.64. The van der Waals surface area contributed by atoms with Gasteiger partial charge in [-0.15, -0.1) is 0 Å². The normalized spacial score (nSPS) is 55.7. The van der Waals surface area contributed by atoms with E-state index in [0.29, 0.717) is 34.9 Å². The Bertz CT molecular complexity index is 597. The quantitative estimate of drug-likeness (QED) is 0.528. The monoisotopic (exact) mass is 456 g/mol. The van der Waals surface area contributed by atoms with Gasteiger partial charge in [-0.2, -0.15) is 0 Å². The third-order valence-corrected chi connectivity index (χ3v) is 9.88. The van der Waals surface area contributed by atoms with E-state index in [9.17, 15) is 9.90 Å². The molecule has 4 rings (SSSR count). The minimum Gasteiger partial charge on any atom is -0.390 e. The van der Waals surface area contributed by atoms with Gasteiger partial charge in [0, 0.05) is 12.8 Å². The summed E-state index contributed by atoms with van der Waals surface area (Å²) < 4.78 is 2.20. The fraction of sp³-hybridized carbons (Fsp3) is 0.864. The van der Waals surface area contributed by atoms with Crippen molar-refractivity contribution < 1.29 is 9.90 Å². The second kappa shape index (κ2) is 6.05. The van der Waals surface area contributed by atoms with E-state index in [4.69, 9.17) is 0 Å². The number of ketones is 1. The van der Waals surface area contributed by atoms with E-state index in [1.165, 1.54) is 19.3 Å². The van der Waals surface area contributed by atoms with Crippen molar-refractivity contribution in [2.75, 3.05) is 0 Å². The van der Waals surface area contributed by atoms with Gasteiger partial charge in [-0.3, -0.25) is 4.79 Å². The highest BCUT2D eigenvalue weighted by molar-refractivity contribution is 14.1. The molecule has 1 N–H and O–H groups in total. The molecular formula is C22H33IO2. The van der Waals surface area contributed by atoms with Crippen molar-refractivity contribution in [2.45, 2.75) is 77.7 Å². The van der Waals surface area contributed by atoms with Crippen LogP contribution in [0.1, 0.15) is 72.1 Å². The zero-order valence-electron chi connectivity index (χ0n) is 15.9. The molecular weight excluding hydrogens is 423 g/mol. The average molecular weight is 456 g/mol. The van der Waals surface area contributed by atoms with Gasteiger partial charge >= 0.3 is 0 Å². The van der Waals surface area contributed by atoms with Crippen LogP contribution in [0.2, 0.25) is 0 Å². The minimum atomic E-state index is -0.512. The molecule has 0 radical (unpaired) electrons. The number of hydrogen-bond acceptors (Lipinski definition) is 2. The molecule has 140 valence electrons. The summed E-state index contributed by atoms with van der Waals surface area (Å²) in [4.78, 5) is 12.2. The molecule has 0 aliphatic heterocycles. The smallest absolute Gasteiger partial charge is 0.133 e. The highest BCUT2D eigenvalue weighted by Crippen LogP contribution is 2.69. The van der Waals surface area contributed by atoms with E-state index in [0.717, 1.165) is 38.0 Å². The number of carbonyl (C=O) groups is 1. The molecule has 8 atom stereocenters. The Balaban J connectivity index is 1.74. The number of allylic oxidation sites excluding steroid dienone is 1. The predicted octanol–water partition coefficient (Wildman–Crippen LogP) is 5.52. The molecule has 0 aromatic rings. The van der Waals surface area contributed by atoms with Crippen molar-refractivity contribution in [3.63, 3.8) is 0 Å². The Kier molecular flexibility index (Phi) is 4.47. The maximum Gasteiger partial charge on any atom is 0.133 e. The van der Waals surface area contributed by atoms with Crippen LogP contribution in [0.25, 0.3) is 0 Å². The molecule has 0 bridgehead atoms. The highest BCUT2D eigenvalue weighted by atomic mass is 127. The summed E-state index contributed by atoms with van der Waals surface area (Å²) in [5.41, 5.74) is -0.106. The van der Waals surface area contributed by atoms with Crippen LogP contribution in [0.4, 0.5) is 0 Å². The molecule has 4 aliphatic rings. The van der Waals surface area contributed by atoms with Gasteiger partial charge in [-0.05, 0) is 90.0 Å². The van der Waals surface area contributed by atoms with E-state index in [-0.39, 0.29) is 5.41 Å². The lowest BCUT2D eigenvalue weighted by atomic mass is 9.42. The van der Waals surface area contributed by atoms with Gasteiger partial charge in [0.05, 0.1) is 5.60 Å². The SMILES string of the molecule is C[C@]12CCC(=O)C[C@@H]1C[C@@H](/C=C/I)[C@@H]1[C@@H]2CC[C@@]2(C)[C@H]1CC[C@]2(C)O. The van der Waals surface area contributed by atoms with E-state index in [2.05, 4.69) is 53.5 Å². The standard InChI is InChI=1S/C22H33IO2/c1-20-8-4-16(24)13-15(20)12-14(7-11-23)19-17(20)5-9-21(2)18(19)6-10-22(21,3)25/h7,11,14-15,17-19,25H,4-6,8-10,12-13H2,1-3H3/b11-7+/t14-,15+,17+,18+,19-,20+,21+,22+/m1/s1. The number of carbonyl (C=O) groups excluding carboxylic acids is 1. The fourth-order valence-electron chi connectivity index (χ4n) is 7.66. The maximum absolute atomic E-state index is 12.2. The van der Waals surface area contributed by atoms with Crippen LogP contribution in [0, 0.1) is 40.4 Å². The summed E-state index contributed by atoms with van der Waals surface area (Å²) in [5, 5.41) is 11.1. The lowest BCUT2D eigenvalue weighted by Crippen LogP contribution is -2.58. The van der Waals surface area contributed by atoms with Gasteiger partial charge in [-0.25, -0.2) is 0 Å². The number of rotatable bonds is 1. The van der Waals surface area contributed by atoms with Crippen LogP contribution >= 0.6 is 22.6 Å². The van der Waals surface area contributed by atoms with Gasteiger partial charge in [0.25, 0.3) is 0 Å². The summed E-state index contributed by atoms with van der Waals surface area (Å²) in [6, 6.07) is 0. The van der Waals surface area contributed by atoms with E-state index in [1.54, 1.807) is 0 Å². The summed E-state index contributed by atoms with van der Waals surface area (Å²) >= 11 is 2.36. The third kappa shape index (κ3) is 2.54. The van der Waals surface area contributed by atoms with Crippen molar-refractivity contribution in [1.82, 2.24) is 0 Å². The molecule has 3 heteroatoms. The molecule has 0 aromatic heterocycles. The molecule has 0 unspecified atom stereocenters. The molecule has 0 heterocycles. The van der Waals surface area contributed by atoms with Gasteiger partial charge in [-0.1, -0.05) is 42.5 Å². The number of halogens is 1. The molecule has 4 aliphatic carbocycles. The first-order valence-corrected chi connectivity index (χ1v) is 11.5. The zero-order valence-corrected chi connectivity index (χ0v) is 18.1. The Hall–Kier alpha value is 0.1000. The van der Waals surface area contributed by atoms with Crippen LogP contribution in [0.15, 0.2) is 10.2 Å². The number of Topliss-reactive ketones (excluding diaryl/α,β-unsaturated/α-hetero) is 1. The topological polar surface area (TPSA) is 37.3 Å². The molecule has 4 saturated carbocycles. The molecule has 4 fully saturated rings. The van der Waals surface area contributed by atoms with E-state index in [1.807, 2.05) is 0 Å². The van der Waals surface area contributed by atoms with E-state index < -0.39 is 5.60 Å². The van der Waals surface area contributed by atoms with Crippen molar-refractivity contribution in [1.29, 1.82) is 0 Å². The lowest BCUT2D eigenvalue weighted by Gasteiger charge is -2.62. The van der Waals surface area contributed by atoms with E-state index >= 15 is 0 Å². The number of fused-ring (bicyclic) bond motifs is 5. The first kappa shape index (κ1) is 18.5. The predicted molar refractivity (Wildman–Crippen MR) is 109 cm³/mol. The Morgan fingerprint density at radius 2 is 1.84 bits per heavy atom. The summed E-state index contributed by atoms with van der Waals surface area (Å²) in [6.07, 6.45) is 10.8. The molecule has 0 saturated heterocycles. The maximum atomic E-state index is 12.2. The molecule has 0 aromatic carbocycles. The number of aliphatic hydroxyl groups is 1. The average Bonchev–Trinajstić information content (AvgIpc) is 2.79. The van der Waals surface area contributed by atoms with Gasteiger partial charge in [0.1, 0.15) is 5.78 Å². The van der Waals surface area contributed by atoms with Crippen LogP contribution in [-0.4, -0.2) is 16.5 Å². The minimum absolute atomic E-state index is 0.0687. The van der Waals surface area contributed by atoms with Crippen LogP contribution in [-0.2, 0) is 4.79 Å². The van der Waals surface area contributed by atoms with Crippen LogP contribution in [0.3, 0.4) is 0 Å². The summed E-state index contributed by atoms with van der Waals surface area (Å²) in [7, 11) is 0. The first-order chi connectivity index (χ1) is 11.7. The van der Waals surface area contributed by atoms with Crippen LogP contribution < -0.4 is 0 Å². The third-order valence-electron chi connectivity index (χ3n) is 9.46. The Morgan fingerprint density at radius 1 is 1.12 bits per heavy atom. The first-order valence-electron chi connectivity index (χ1n) is 10.2. The second-order valence-corrected chi connectivity index (χ2v) is 10.9. The van der Waals surface area contributed by atoms with Gasteiger partial charge in [0.2, 0.25) is 0 Å². The molecule has 25 heavy (non-hydrogen) atoms. The van der Waals surface area contributed by atoms with Crippen molar-refractivity contribution in [2.24, 2.45) is 40.4 Å². The van der Waals surface area contributed by atoms with Gasteiger partial charge < -0.3 is 5.11 Å². The Morgan fingerprint density at radius 3 is 2.56 bits per heavy atom. The van der Waals surface area contributed by atoms with Crippen molar-refractivity contribution >= 4 is 28.4 Å². The fourth-order valence-corrected chi connectivity index (χ4v) is 8.19.